The van der Waals surface area contributed by atoms with E-state index in [1.165, 1.54) is 44.3 Å². The number of hydrogen-bond acceptors (Lipinski definition) is 3. The van der Waals surface area contributed by atoms with Gasteiger partial charge in [0.25, 0.3) is 0 Å². The second kappa shape index (κ2) is 7.65. The molecule has 0 aliphatic carbocycles. The molecule has 0 amide bonds. The third kappa shape index (κ3) is 3.74. The largest absolute Gasteiger partial charge is 0.497 e. The van der Waals surface area contributed by atoms with Crippen molar-refractivity contribution >= 4 is 0 Å². The summed E-state index contributed by atoms with van der Waals surface area (Å²) < 4.78 is 5.33. The summed E-state index contributed by atoms with van der Waals surface area (Å²) in [4.78, 5) is 2.54. The van der Waals surface area contributed by atoms with Crippen molar-refractivity contribution in [3.63, 3.8) is 0 Å². The van der Waals surface area contributed by atoms with E-state index in [0.717, 1.165) is 11.7 Å². The number of ether oxygens (including phenoxy) is 1. The molecule has 20 heavy (non-hydrogen) atoms. The molecule has 1 aliphatic rings. The van der Waals surface area contributed by atoms with Crippen molar-refractivity contribution in [1.29, 1.82) is 0 Å². The van der Waals surface area contributed by atoms with Gasteiger partial charge in [0.1, 0.15) is 5.75 Å². The smallest absolute Gasteiger partial charge is 0.119 e. The number of likely N-dealkylation sites (tertiary alicyclic amines) is 1. The lowest BCUT2D eigenvalue weighted by molar-refractivity contribution is 0.131. The second-order valence-electron chi connectivity index (χ2n) is 5.80. The summed E-state index contributed by atoms with van der Waals surface area (Å²) in [5, 5.41) is 0. The number of rotatable bonds is 6. The van der Waals surface area contributed by atoms with Gasteiger partial charge >= 0.3 is 0 Å². The Hall–Kier alpha value is -1.06. The normalized spacial score (nSPS) is 18.9. The number of nitrogens with zero attached hydrogens (tertiary/aromatic N) is 1. The molecule has 2 N–H and O–H groups in total. The first-order chi connectivity index (χ1) is 9.78. The van der Waals surface area contributed by atoms with Crippen LogP contribution in [0.25, 0.3) is 0 Å². The van der Waals surface area contributed by atoms with Crippen LogP contribution in [-0.4, -0.2) is 31.6 Å². The molecule has 1 fully saturated rings. The van der Waals surface area contributed by atoms with Crippen LogP contribution in [-0.2, 0) is 0 Å². The molecule has 1 aromatic rings. The van der Waals surface area contributed by atoms with E-state index in [-0.39, 0.29) is 0 Å². The predicted octanol–water partition coefficient (Wildman–Crippen LogP) is 3.21. The molecular formula is C17H28N2O. The monoisotopic (exact) mass is 276 g/mol. The summed E-state index contributed by atoms with van der Waals surface area (Å²) in [6, 6.07) is 8.66. The van der Waals surface area contributed by atoms with E-state index in [0.29, 0.717) is 12.6 Å². The molecule has 0 saturated carbocycles. The van der Waals surface area contributed by atoms with Crippen LogP contribution in [0.3, 0.4) is 0 Å². The molecule has 2 rings (SSSR count). The van der Waals surface area contributed by atoms with E-state index >= 15 is 0 Å². The summed E-state index contributed by atoms with van der Waals surface area (Å²) in [6.45, 7) is 5.30. The zero-order valence-electron chi connectivity index (χ0n) is 12.8. The highest BCUT2D eigenvalue weighted by Gasteiger charge is 2.25. The van der Waals surface area contributed by atoms with Gasteiger partial charge in [0.15, 0.2) is 0 Å². The highest BCUT2D eigenvalue weighted by atomic mass is 16.5. The van der Waals surface area contributed by atoms with Crippen molar-refractivity contribution in [3.8, 4) is 5.75 Å². The Balaban J connectivity index is 2.01. The molecule has 0 radical (unpaired) electrons. The van der Waals surface area contributed by atoms with E-state index in [2.05, 4.69) is 30.0 Å². The molecule has 1 saturated heterocycles. The molecule has 1 aromatic carbocycles. The van der Waals surface area contributed by atoms with Gasteiger partial charge in [0.05, 0.1) is 7.11 Å². The van der Waals surface area contributed by atoms with Gasteiger partial charge in [-0.05, 0) is 49.5 Å². The lowest BCUT2D eigenvalue weighted by Gasteiger charge is -2.37. The minimum absolute atomic E-state index is 0.327. The molecule has 3 heteroatoms. The van der Waals surface area contributed by atoms with E-state index < -0.39 is 0 Å². The maximum absolute atomic E-state index is 6.04. The van der Waals surface area contributed by atoms with E-state index in [4.69, 9.17) is 10.5 Å². The van der Waals surface area contributed by atoms with Crippen molar-refractivity contribution in [2.24, 2.45) is 11.7 Å². The zero-order chi connectivity index (χ0) is 14.4. The number of nitrogens with two attached hydrogens (primary N) is 1. The van der Waals surface area contributed by atoms with E-state index in [1.807, 2.05) is 6.07 Å². The molecule has 1 heterocycles. The Bertz CT molecular complexity index is 400. The SMILES string of the molecule is CCCC1CCN(C(CN)c2cccc(OC)c2)CC1. The first kappa shape index (κ1) is 15.3. The highest BCUT2D eigenvalue weighted by molar-refractivity contribution is 5.30. The van der Waals surface area contributed by atoms with Gasteiger partial charge in [-0.25, -0.2) is 0 Å². The fourth-order valence-electron chi connectivity index (χ4n) is 3.31. The van der Waals surface area contributed by atoms with Crippen LogP contribution in [0.2, 0.25) is 0 Å². The quantitative estimate of drug-likeness (QED) is 0.867. The number of benzene rings is 1. The van der Waals surface area contributed by atoms with Gasteiger partial charge in [0.2, 0.25) is 0 Å². The Kier molecular flexibility index (Phi) is 5.86. The van der Waals surface area contributed by atoms with Gasteiger partial charge in [-0.15, -0.1) is 0 Å². The highest BCUT2D eigenvalue weighted by Crippen LogP contribution is 2.29. The Morgan fingerprint density at radius 2 is 2.10 bits per heavy atom. The maximum atomic E-state index is 6.04. The van der Waals surface area contributed by atoms with Crippen molar-refractivity contribution in [1.82, 2.24) is 4.90 Å². The zero-order valence-corrected chi connectivity index (χ0v) is 12.8. The molecule has 1 aliphatic heterocycles. The lowest BCUT2D eigenvalue weighted by Crippen LogP contribution is -2.39. The molecule has 0 spiro atoms. The summed E-state index contributed by atoms with van der Waals surface area (Å²) in [5.41, 5.74) is 7.32. The third-order valence-electron chi connectivity index (χ3n) is 4.49. The summed E-state index contributed by atoms with van der Waals surface area (Å²) in [5.74, 6) is 1.84. The molecular weight excluding hydrogens is 248 g/mol. The molecule has 0 aromatic heterocycles. The first-order valence-corrected chi connectivity index (χ1v) is 7.86. The standard InChI is InChI=1S/C17H28N2O/c1-3-5-14-8-10-19(11-9-14)17(13-18)15-6-4-7-16(12-15)20-2/h4,6-7,12,14,17H,3,5,8-11,13,18H2,1-2H3. The van der Waals surface area contributed by atoms with E-state index in [9.17, 15) is 0 Å². The van der Waals surface area contributed by atoms with Gasteiger partial charge < -0.3 is 10.5 Å². The van der Waals surface area contributed by atoms with Crippen LogP contribution in [0.1, 0.15) is 44.2 Å². The number of hydrogen-bond donors (Lipinski definition) is 1. The lowest BCUT2D eigenvalue weighted by atomic mass is 9.91. The Morgan fingerprint density at radius 3 is 2.70 bits per heavy atom. The summed E-state index contributed by atoms with van der Waals surface area (Å²) >= 11 is 0. The Labute approximate surface area is 123 Å². The van der Waals surface area contributed by atoms with Gasteiger partial charge in [0, 0.05) is 12.6 Å². The van der Waals surface area contributed by atoms with Gasteiger partial charge in [-0.2, -0.15) is 0 Å². The average Bonchev–Trinajstić information content (AvgIpc) is 2.50. The Morgan fingerprint density at radius 1 is 1.35 bits per heavy atom. The van der Waals surface area contributed by atoms with Crippen LogP contribution < -0.4 is 10.5 Å². The molecule has 3 nitrogen and oxygen atoms in total. The summed E-state index contributed by atoms with van der Waals surface area (Å²) in [7, 11) is 1.72. The van der Waals surface area contributed by atoms with Crippen LogP contribution in [0.5, 0.6) is 5.75 Å². The van der Waals surface area contributed by atoms with Crippen LogP contribution >= 0.6 is 0 Å². The second-order valence-corrected chi connectivity index (χ2v) is 5.80. The minimum atomic E-state index is 0.327. The average molecular weight is 276 g/mol. The van der Waals surface area contributed by atoms with Gasteiger partial charge in [-0.1, -0.05) is 31.9 Å². The summed E-state index contributed by atoms with van der Waals surface area (Å²) in [6.07, 6.45) is 5.31. The fourth-order valence-corrected chi connectivity index (χ4v) is 3.31. The minimum Gasteiger partial charge on any atom is -0.497 e. The molecule has 112 valence electrons. The first-order valence-electron chi connectivity index (χ1n) is 7.86. The topological polar surface area (TPSA) is 38.5 Å². The molecule has 1 unspecified atom stereocenters. The van der Waals surface area contributed by atoms with Crippen molar-refractivity contribution in [2.45, 2.75) is 38.6 Å². The van der Waals surface area contributed by atoms with Crippen LogP contribution in [0, 0.1) is 5.92 Å². The molecule has 0 bridgehead atoms. The predicted molar refractivity (Wildman–Crippen MR) is 84.0 cm³/mol. The maximum Gasteiger partial charge on any atom is 0.119 e. The van der Waals surface area contributed by atoms with Crippen molar-refractivity contribution in [3.05, 3.63) is 29.8 Å². The van der Waals surface area contributed by atoms with Crippen LogP contribution in [0.4, 0.5) is 0 Å². The van der Waals surface area contributed by atoms with E-state index in [1.54, 1.807) is 7.11 Å². The molecule has 1 atom stereocenters. The number of methoxy groups -OCH3 is 1. The number of piperidine rings is 1. The van der Waals surface area contributed by atoms with Crippen molar-refractivity contribution < 1.29 is 4.74 Å². The van der Waals surface area contributed by atoms with Crippen LogP contribution in [0.15, 0.2) is 24.3 Å². The van der Waals surface area contributed by atoms with Gasteiger partial charge in [-0.3, -0.25) is 4.90 Å². The fraction of sp³-hybridized carbons (Fsp3) is 0.647. The third-order valence-corrected chi connectivity index (χ3v) is 4.49. The van der Waals surface area contributed by atoms with Crippen molar-refractivity contribution in [2.75, 3.05) is 26.7 Å².